The molecule has 5 N–H and O–H groups in total. The average molecular weight is 622 g/mol. The van der Waals surface area contributed by atoms with Crippen molar-refractivity contribution in [3.63, 3.8) is 0 Å². The van der Waals surface area contributed by atoms with Crippen molar-refractivity contribution >= 4 is 63.8 Å². The first-order valence-corrected chi connectivity index (χ1v) is 14.9. The zero-order valence-corrected chi connectivity index (χ0v) is 25.1. The minimum atomic E-state index is -1.43. The number of nitrogens with one attached hydrogen (secondary N) is 2. The summed E-state index contributed by atoms with van der Waals surface area (Å²) < 4.78 is 0. The van der Waals surface area contributed by atoms with Crippen LogP contribution in [0.1, 0.15) is 56.5 Å². The number of fused-ring (bicyclic) bond motifs is 2. The number of amides is 2. The van der Waals surface area contributed by atoms with Crippen LogP contribution in [0.25, 0.3) is 10.9 Å². The Morgan fingerprint density at radius 2 is 2.05 bits per heavy atom. The molecule has 13 heteroatoms. The number of carbonyl (C=O) groups excluding carboxylic acids is 3. The molecular formula is C28H34Cl2N6O4S. The maximum absolute atomic E-state index is 14.0. The molecule has 2 aliphatic heterocycles. The number of hydrogen-bond donors (Lipinski definition) is 4. The third-order valence-corrected chi connectivity index (χ3v) is 9.86. The number of halogens is 2. The van der Waals surface area contributed by atoms with Crippen LogP contribution in [0.2, 0.25) is 5.02 Å². The number of aromatic amines is 1. The number of hydrogen-bond acceptors (Lipinski definition) is 8. The monoisotopic (exact) mass is 620 g/mol. The molecule has 220 valence electrons. The molecule has 0 bridgehead atoms. The van der Waals surface area contributed by atoms with Gasteiger partial charge in [-0.25, -0.2) is 4.98 Å². The molecule has 2 amide bonds. The second kappa shape index (κ2) is 11.6. The molecule has 3 unspecified atom stereocenters. The number of β-amino-alcohol motifs (C(OH)–C–C–N with tert-alkyl or cyclic N) is 1. The van der Waals surface area contributed by atoms with Gasteiger partial charge in [-0.3, -0.25) is 14.4 Å². The first-order valence-electron chi connectivity index (χ1n) is 13.7. The third kappa shape index (κ3) is 5.76. The molecule has 1 saturated heterocycles. The van der Waals surface area contributed by atoms with E-state index in [1.807, 2.05) is 7.05 Å². The first kappa shape index (κ1) is 29.9. The lowest BCUT2D eigenvalue weighted by molar-refractivity contribution is -0.136. The van der Waals surface area contributed by atoms with Crippen LogP contribution in [-0.4, -0.2) is 86.8 Å². The molecule has 41 heavy (non-hydrogen) atoms. The second-order valence-corrected chi connectivity index (χ2v) is 12.9. The zero-order valence-electron chi connectivity index (χ0n) is 22.7. The van der Waals surface area contributed by atoms with Gasteiger partial charge in [0.15, 0.2) is 5.01 Å². The normalized spacial score (nSPS) is 26.4. The number of Topliss-reactive ketones (excluding diaryl/α,β-unsaturated/α-hetero) is 1. The van der Waals surface area contributed by atoms with Crippen LogP contribution in [0.15, 0.2) is 24.3 Å². The molecule has 1 saturated carbocycles. The topological polar surface area (TPSA) is 145 Å². The van der Waals surface area contributed by atoms with Crippen molar-refractivity contribution in [2.24, 2.45) is 11.7 Å². The van der Waals surface area contributed by atoms with E-state index in [1.165, 1.54) is 11.3 Å². The summed E-state index contributed by atoms with van der Waals surface area (Å²) >= 11 is 7.51. The second-order valence-electron chi connectivity index (χ2n) is 11.4. The molecule has 10 nitrogen and oxygen atoms in total. The molecule has 3 aromatic rings. The number of aliphatic hydroxyl groups excluding tert-OH is 1. The number of H-pyrrole nitrogens is 1. The van der Waals surface area contributed by atoms with Gasteiger partial charge in [0.2, 0.25) is 11.7 Å². The van der Waals surface area contributed by atoms with Gasteiger partial charge < -0.3 is 30.9 Å². The van der Waals surface area contributed by atoms with Crippen LogP contribution >= 0.6 is 35.3 Å². The Labute approximate surface area is 253 Å². The summed E-state index contributed by atoms with van der Waals surface area (Å²) in [5.74, 6) is -1.20. The molecule has 2 fully saturated rings. The highest BCUT2D eigenvalue weighted by atomic mass is 35.5. The predicted octanol–water partition coefficient (Wildman–Crippen LogP) is 2.76. The van der Waals surface area contributed by atoms with Crippen molar-refractivity contribution in [3.8, 4) is 0 Å². The van der Waals surface area contributed by atoms with E-state index in [-0.39, 0.29) is 42.8 Å². The van der Waals surface area contributed by atoms with Crippen LogP contribution < -0.4 is 11.1 Å². The lowest BCUT2D eigenvalue weighted by Gasteiger charge is -2.43. The first-order chi connectivity index (χ1) is 19.1. The SMILES string of the molecule is CN1CCc2nc(C(=O)NC3CC(C(=O)N4CC[C@@H](O)C4)CCC3(N)C(=O)c3cc4cc(Cl)ccc4[nH]3)sc2C1.Cl. The van der Waals surface area contributed by atoms with E-state index in [0.29, 0.717) is 41.7 Å². The van der Waals surface area contributed by atoms with E-state index in [2.05, 4.69) is 20.2 Å². The van der Waals surface area contributed by atoms with E-state index < -0.39 is 23.6 Å². The molecule has 0 spiro atoms. The third-order valence-electron chi connectivity index (χ3n) is 8.54. The number of likely N-dealkylation sites (N-methyl/N-ethyl adjacent to an activating group) is 1. The maximum Gasteiger partial charge on any atom is 0.280 e. The minimum Gasteiger partial charge on any atom is -0.391 e. The highest BCUT2D eigenvalue weighted by molar-refractivity contribution is 7.13. The fourth-order valence-corrected chi connectivity index (χ4v) is 7.47. The van der Waals surface area contributed by atoms with Gasteiger partial charge >= 0.3 is 0 Å². The number of aromatic nitrogens is 2. The number of aliphatic hydroxyl groups is 1. The van der Waals surface area contributed by atoms with Crippen molar-refractivity contribution in [2.75, 3.05) is 26.7 Å². The number of rotatable bonds is 5. The number of benzene rings is 1. The Hall–Kier alpha value is -2.54. The average Bonchev–Trinajstić information content (AvgIpc) is 3.66. The van der Waals surface area contributed by atoms with E-state index in [9.17, 15) is 19.5 Å². The van der Waals surface area contributed by atoms with Crippen molar-refractivity contribution in [1.29, 1.82) is 0 Å². The van der Waals surface area contributed by atoms with Gasteiger partial charge in [-0.2, -0.15) is 0 Å². The fraction of sp³-hybridized carbons (Fsp3) is 0.500. The molecule has 6 rings (SSSR count). The Morgan fingerprint density at radius 3 is 2.80 bits per heavy atom. The molecule has 4 heterocycles. The minimum absolute atomic E-state index is 0. The van der Waals surface area contributed by atoms with Gasteiger partial charge in [0.05, 0.1) is 23.5 Å². The fourth-order valence-electron chi connectivity index (χ4n) is 6.20. The van der Waals surface area contributed by atoms with Crippen molar-refractivity contribution < 1.29 is 19.5 Å². The van der Waals surface area contributed by atoms with E-state index in [0.717, 1.165) is 41.0 Å². The van der Waals surface area contributed by atoms with Crippen molar-refractivity contribution in [1.82, 2.24) is 25.1 Å². The lowest BCUT2D eigenvalue weighted by atomic mass is 9.70. The summed E-state index contributed by atoms with van der Waals surface area (Å²) in [6.45, 7) is 2.42. The molecular weight excluding hydrogens is 587 g/mol. The predicted molar refractivity (Wildman–Crippen MR) is 160 cm³/mol. The largest absolute Gasteiger partial charge is 0.391 e. The van der Waals surface area contributed by atoms with Gasteiger partial charge in [-0.15, -0.1) is 23.7 Å². The van der Waals surface area contributed by atoms with Gasteiger partial charge in [0, 0.05) is 59.3 Å². The van der Waals surface area contributed by atoms with E-state index >= 15 is 0 Å². The van der Waals surface area contributed by atoms with Gasteiger partial charge in [-0.1, -0.05) is 11.6 Å². The smallest absolute Gasteiger partial charge is 0.280 e. The lowest BCUT2D eigenvalue weighted by Crippen LogP contribution is -2.66. The Bertz CT molecular complexity index is 1490. The summed E-state index contributed by atoms with van der Waals surface area (Å²) in [7, 11) is 2.04. The number of likely N-dealkylation sites (tertiary alicyclic amines) is 1. The number of ketones is 1. The highest BCUT2D eigenvalue weighted by Crippen LogP contribution is 2.36. The van der Waals surface area contributed by atoms with Crippen LogP contribution in [-0.2, 0) is 17.8 Å². The number of carbonyl (C=O) groups is 3. The van der Waals surface area contributed by atoms with Crippen LogP contribution in [0, 0.1) is 5.92 Å². The van der Waals surface area contributed by atoms with Gasteiger partial charge in [-0.05, 0) is 57.0 Å². The summed E-state index contributed by atoms with van der Waals surface area (Å²) in [6, 6.07) is 6.26. The van der Waals surface area contributed by atoms with Crippen LogP contribution in [0.3, 0.4) is 0 Å². The number of nitrogens with two attached hydrogens (primary N) is 1. The van der Waals surface area contributed by atoms with E-state index in [4.69, 9.17) is 17.3 Å². The van der Waals surface area contributed by atoms with Crippen LogP contribution in [0.4, 0.5) is 0 Å². The number of nitrogens with zero attached hydrogens (tertiary/aromatic N) is 3. The van der Waals surface area contributed by atoms with Crippen molar-refractivity contribution in [2.45, 2.75) is 56.3 Å². The quantitative estimate of drug-likeness (QED) is 0.321. The highest BCUT2D eigenvalue weighted by Gasteiger charge is 2.50. The Kier molecular flexibility index (Phi) is 8.48. The molecule has 4 atom stereocenters. The summed E-state index contributed by atoms with van der Waals surface area (Å²) in [4.78, 5) is 53.5. The standard InChI is InChI=1S/C28H33ClN6O4S.ClH/c1-34-8-6-20-22(14-34)40-26(32-20)25(38)33-23-12-15(27(39)35-9-5-18(36)13-35)4-7-28(23,30)24(37)21-11-16-10-17(29)2-3-19(16)31-21;/h2-3,10-11,15,18,23,31,36H,4-9,12-14,30H2,1H3,(H,33,38);1H/t15?,18-,23?,28?;/m1./s1. The van der Waals surface area contributed by atoms with Crippen molar-refractivity contribution in [3.05, 3.63) is 50.6 Å². The van der Waals surface area contributed by atoms with Gasteiger partial charge in [0.25, 0.3) is 5.91 Å². The zero-order chi connectivity index (χ0) is 28.2. The molecule has 3 aliphatic rings. The molecule has 1 aliphatic carbocycles. The summed E-state index contributed by atoms with van der Waals surface area (Å²) in [5, 5.41) is 14.7. The Morgan fingerprint density at radius 1 is 1.24 bits per heavy atom. The summed E-state index contributed by atoms with van der Waals surface area (Å²) in [5.41, 5.74) is 7.50. The maximum atomic E-state index is 14.0. The Balaban J connectivity index is 0.00000337. The van der Waals surface area contributed by atoms with Crippen LogP contribution in [0.5, 0.6) is 0 Å². The molecule has 2 aromatic heterocycles. The molecule has 1 aromatic carbocycles. The number of thiazole rings is 1. The molecule has 0 radical (unpaired) electrons. The summed E-state index contributed by atoms with van der Waals surface area (Å²) in [6.07, 6.45) is 1.65. The van der Waals surface area contributed by atoms with E-state index in [1.54, 1.807) is 29.2 Å². The van der Waals surface area contributed by atoms with Gasteiger partial charge in [0.1, 0.15) is 5.54 Å².